The van der Waals surface area contributed by atoms with E-state index in [0.29, 0.717) is 12.8 Å². The number of carbonyl (C=O) groups is 2. The number of carboxylic acids is 1. The molecule has 0 unspecified atom stereocenters. The Bertz CT molecular complexity index is 579. The van der Waals surface area contributed by atoms with Gasteiger partial charge < -0.3 is 9.84 Å². The lowest BCUT2D eigenvalue weighted by atomic mass is 10.1. The van der Waals surface area contributed by atoms with Crippen LogP contribution < -0.4 is 0 Å². The van der Waals surface area contributed by atoms with Crippen LogP contribution in [0, 0.1) is 0 Å². The molecule has 0 aromatic heterocycles. The van der Waals surface area contributed by atoms with Crippen LogP contribution in [-0.4, -0.2) is 24.2 Å². The van der Waals surface area contributed by atoms with E-state index in [1.165, 1.54) is 12.7 Å². The van der Waals surface area contributed by atoms with Crippen LogP contribution in [0.2, 0.25) is 0 Å². The minimum atomic E-state index is -0.742. The van der Waals surface area contributed by atoms with Crippen LogP contribution in [0.4, 0.5) is 0 Å². The molecule has 122 valence electrons. The lowest BCUT2D eigenvalue weighted by Crippen LogP contribution is -2.01. The van der Waals surface area contributed by atoms with Crippen LogP contribution in [-0.2, 0) is 27.2 Å². The molecule has 0 fully saturated rings. The van der Waals surface area contributed by atoms with E-state index in [0.717, 1.165) is 12.0 Å². The predicted octanol–water partition coefficient (Wildman–Crippen LogP) is 3.50. The molecule has 4 heteroatoms. The average Bonchev–Trinajstić information content (AvgIpc) is 2.60. The van der Waals surface area contributed by atoms with Gasteiger partial charge in [0, 0.05) is 12.8 Å². The maximum absolute atomic E-state index is 10.8. The summed E-state index contributed by atoms with van der Waals surface area (Å²) in [5, 5.41) is 8.37. The maximum atomic E-state index is 10.8. The second-order valence-electron chi connectivity index (χ2n) is 4.94. The molecule has 2 aromatic carbocycles. The highest BCUT2D eigenvalue weighted by molar-refractivity contribution is 5.69. The minimum Gasteiger partial charge on any atom is -0.481 e. The first-order valence-corrected chi connectivity index (χ1v) is 7.48. The van der Waals surface area contributed by atoms with Crippen molar-refractivity contribution in [2.24, 2.45) is 0 Å². The standard InChI is InChI=1S/C10H12O2.C9H10O2/c1-12-10(11)8-7-9-5-3-2-4-6-9;10-9(11)7-6-8-4-2-1-3-5-8/h2-6H,7-8H2,1H3;1-5H,6-7H2,(H,10,11). The van der Waals surface area contributed by atoms with Gasteiger partial charge in [-0.2, -0.15) is 0 Å². The van der Waals surface area contributed by atoms with Gasteiger partial charge in [-0.25, -0.2) is 0 Å². The molecule has 23 heavy (non-hydrogen) atoms. The van der Waals surface area contributed by atoms with Gasteiger partial charge in [0.15, 0.2) is 0 Å². The van der Waals surface area contributed by atoms with Crippen molar-refractivity contribution in [1.29, 1.82) is 0 Å². The van der Waals surface area contributed by atoms with Gasteiger partial charge >= 0.3 is 11.9 Å². The topological polar surface area (TPSA) is 63.6 Å². The fourth-order valence-corrected chi connectivity index (χ4v) is 1.89. The highest BCUT2D eigenvalue weighted by Crippen LogP contribution is 2.02. The fraction of sp³-hybridized carbons (Fsp3) is 0.263. The van der Waals surface area contributed by atoms with Crippen molar-refractivity contribution in [3.63, 3.8) is 0 Å². The third-order valence-corrected chi connectivity index (χ3v) is 3.16. The molecule has 0 spiro atoms. The molecule has 2 rings (SSSR count). The number of methoxy groups -OCH3 is 1. The highest BCUT2D eigenvalue weighted by Gasteiger charge is 1.99. The number of carbonyl (C=O) groups excluding carboxylic acids is 1. The van der Waals surface area contributed by atoms with Crippen LogP contribution in [0.1, 0.15) is 24.0 Å². The summed E-state index contributed by atoms with van der Waals surface area (Å²) in [7, 11) is 1.41. The summed E-state index contributed by atoms with van der Waals surface area (Å²) in [4.78, 5) is 20.9. The van der Waals surface area contributed by atoms with Gasteiger partial charge in [0.1, 0.15) is 0 Å². The number of hydrogen-bond acceptors (Lipinski definition) is 3. The maximum Gasteiger partial charge on any atom is 0.305 e. The van der Waals surface area contributed by atoms with Gasteiger partial charge in [-0.05, 0) is 24.0 Å². The molecule has 0 aliphatic rings. The largest absolute Gasteiger partial charge is 0.481 e. The second kappa shape index (κ2) is 11.0. The first kappa shape index (κ1) is 18.4. The van der Waals surface area contributed by atoms with Gasteiger partial charge in [0.2, 0.25) is 0 Å². The lowest BCUT2D eigenvalue weighted by molar-refractivity contribution is -0.140. The fourth-order valence-electron chi connectivity index (χ4n) is 1.89. The summed E-state index contributed by atoms with van der Waals surface area (Å²) in [6.07, 6.45) is 2.05. The molecule has 0 radical (unpaired) electrons. The monoisotopic (exact) mass is 314 g/mol. The second-order valence-corrected chi connectivity index (χ2v) is 4.94. The molecule has 2 aromatic rings. The Morgan fingerprint density at radius 2 is 1.26 bits per heavy atom. The number of carboxylic acid groups (broad SMARTS) is 1. The Balaban J connectivity index is 0.000000231. The first-order valence-electron chi connectivity index (χ1n) is 7.48. The molecule has 0 aliphatic carbocycles. The van der Waals surface area contributed by atoms with E-state index in [-0.39, 0.29) is 12.4 Å². The Hall–Kier alpha value is -2.62. The number of aliphatic carboxylic acids is 1. The van der Waals surface area contributed by atoms with E-state index in [2.05, 4.69) is 4.74 Å². The summed E-state index contributed by atoms with van der Waals surface area (Å²) in [6.45, 7) is 0. The number of esters is 1. The van der Waals surface area contributed by atoms with E-state index >= 15 is 0 Å². The highest BCUT2D eigenvalue weighted by atomic mass is 16.5. The van der Waals surface area contributed by atoms with Gasteiger partial charge in [-0.3, -0.25) is 9.59 Å². The molecule has 0 aliphatic heterocycles. The van der Waals surface area contributed by atoms with E-state index in [4.69, 9.17) is 5.11 Å². The van der Waals surface area contributed by atoms with Crippen molar-refractivity contribution in [3.05, 3.63) is 71.8 Å². The summed E-state index contributed by atoms with van der Waals surface area (Å²) in [5.41, 5.74) is 2.25. The number of hydrogen-bond donors (Lipinski definition) is 1. The summed E-state index contributed by atoms with van der Waals surface area (Å²) < 4.78 is 4.53. The molecule has 1 N–H and O–H groups in total. The van der Waals surface area contributed by atoms with Crippen molar-refractivity contribution >= 4 is 11.9 Å². The molecule has 0 heterocycles. The van der Waals surface area contributed by atoms with Crippen molar-refractivity contribution < 1.29 is 19.4 Å². The summed E-state index contributed by atoms with van der Waals surface area (Å²) in [5.74, 6) is -0.896. The smallest absolute Gasteiger partial charge is 0.305 e. The van der Waals surface area contributed by atoms with E-state index in [1.54, 1.807) is 0 Å². The third-order valence-electron chi connectivity index (χ3n) is 3.16. The molecule has 0 saturated carbocycles. The number of ether oxygens (including phenoxy) is 1. The van der Waals surface area contributed by atoms with E-state index < -0.39 is 5.97 Å². The number of benzene rings is 2. The Morgan fingerprint density at radius 1 is 0.826 bits per heavy atom. The molecule has 0 amide bonds. The molecule has 4 nitrogen and oxygen atoms in total. The molecule has 0 atom stereocenters. The number of rotatable bonds is 6. The molecule has 0 bridgehead atoms. The van der Waals surface area contributed by atoms with Crippen LogP contribution in [0.25, 0.3) is 0 Å². The van der Waals surface area contributed by atoms with E-state index in [9.17, 15) is 9.59 Å². The first-order chi connectivity index (χ1) is 11.1. The zero-order chi connectivity index (χ0) is 16.9. The predicted molar refractivity (Wildman–Crippen MR) is 89.2 cm³/mol. The Morgan fingerprint density at radius 3 is 1.65 bits per heavy atom. The van der Waals surface area contributed by atoms with Crippen LogP contribution >= 0.6 is 0 Å². The van der Waals surface area contributed by atoms with Gasteiger partial charge in [-0.1, -0.05) is 60.7 Å². The van der Waals surface area contributed by atoms with Crippen molar-refractivity contribution in [2.45, 2.75) is 25.7 Å². The Kier molecular flexibility index (Phi) is 8.83. The van der Waals surface area contributed by atoms with Crippen molar-refractivity contribution in [1.82, 2.24) is 0 Å². The molecule has 0 saturated heterocycles. The zero-order valence-corrected chi connectivity index (χ0v) is 13.3. The number of aryl methyl sites for hydroxylation is 2. The van der Waals surface area contributed by atoms with Crippen molar-refractivity contribution in [2.75, 3.05) is 7.11 Å². The summed E-state index contributed by atoms with van der Waals surface area (Å²) in [6, 6.07) is 19.5. The third kappa shape index (κ3) is 9.09. The SMILES string of the molecule is COC(=O)CCc1ccccc1.O=C(O)CCc1ccccc1. The molecular weight excluding hydrogens is 292 g/mol. The lowest BCUT2D eigenvalue weighted by Gasteiger charge is -1.98. The quantitative estimate of drug-likeness (QED) is 0.829. The van der Waals surface area contributed by atoms with Crippen LogP contribution in [0.15, 0.2) is 60.7 Å². The van der Waals surface area contributed by atoms with Gasteiger partial charge in [-0.15, -0.1) is 0 Å². The minimum absolute atomic E-state index is 0.154. The summed E-state index contributed by atoms with van der Waals surface area (Å²) >= 11 is 0. The van der Waals surface area contributed by atoms with Crippen molar-refractivity contribution in [3.8, 4) is 0 Å². The van der Waals surface area contributed by atoms with Crippen LogP contribution in [0.5, 0.6) is 0 Å². The van der Waals surface area contributed by atoms with E-state index in [1.807, 2.05) is 60.7 Å². The Labute approximate surface area is 136 Å². The normalized spacial score (nSPS) is 9.43. The van der Waals surface area contributed by atoms with Gasteiger partial charge in [0.05, 0.1) is 7.11 Å². The van der Waals surface area contributed by atoms with Crippen LogP contribution in [0.3, 0.4) is 0 Å². The average molecular weight is 314 g/mol. The molecular formula is C19H22O4. The zero-order valence-electron chi connectivity index (χ0n) is 13.3. The van der Waals surface area contributed by atoms with Gasteiger partial charge in [0.25, 0.3) is 0 Å².